The quantitative estimate of drug-likeness (QED) is 0.289. The maximum absolute atomic E-state index is 13.7. The summed E-state index contributed by atoms with van der Waals surface area (Å²) in [6.07, 6.45) is -5.18. The fraction of sp³-hybridized carbons (Fsp3) is 0.333. The van der Waals surface area contributed by atoms with E-state index < -0.39 is 45.8 Å². The van der Waals surface area contributed by atoms with Crippen LogP contribution in [0.25, 0.3) is 0 Å². The average molecular weight is 669 g/mol. The predicted molar refractivity (Wildman–Crippen MR) is 163 cm³/mol. The molecule has 0 radical (unpaired) electrons. The summed E-state index contributed by atoms with van der Waals surface area (Å²) in [7, 11) is -2.54. The van der Waals surface area contributed by atoms with Crippen molar-refractivity contribution in [2.45, 2.75) is 37.1 Å². The van der Waals surface area contributed by atoms with Gasteiger partial charge in [-0.3, -0.25) is 9.52 Å². The molecule has 0 spiro atoms. The maximum atomic E-state index is 13.7. The number of halogens is 4. The van der Waals surface area contributed by atoms with Gasteiger partial charge in [0.2, 0.25) is 0 Å². The highest BCUT2D eigenvalue weighted by molar-refractivity contribution is 7.92. The van der Waals surface area contributed by atoms with Gasteiger partial charge in [0, 0.05) is 35.9 Å². The number of hydrogen-bond donors (Lipinski definition) is 3. The fourth-order valence-corrected chi connectivity index (χ4v) is 5.82. The van der Waals surface area contributed by atoms with Crippen LogP contribution in [0.5, 0.6) is 5.75 Å². The second-order valence-electron chi connectivity index (χ2n) is 10.8. The lowest BCUT2D eigenvalue weighted by atomic mass is 9.99. The molecular weight excluding hydrogens is 637 g/mol. The Morgan fingerprint density at radius 2 is 1.73 bits per heavy atom. The number of hydrogen-bond acceptors (Lipinski definition) is 6. The van der Waals surface area contributed by atoms with Crippen LogP contribution in [0.15, 0.2) is 71.6 Å². The van der Waals surface area contributed by atoms with Crippen molar-refractivity contribution in [2.24, 2.45) is 5.92 Å². The van der Waals surface area contributed by atoms with Crippen LogP contribution in [0, 0.1) is 5.92 Å². The van der Waals surface area contributed by atoms with Crippen LogP contribution in [0.2, 0.25) is 5.02 Å². The number of carbonyl (C=O) groups excluding carboxylic acids is 2. The number of nitrogens with zero attached hydrogens (tertiary/aromatic N) is 2. The van der Waals surface area contributed by atoms with Crippen molar-refractivity contribution in [3.05, 3.63) is 82.9 Å². The first-order chi connectivity index (χ1) is 21.1. The van der Waals surface area contributed by atoms with E-state index >= 15 is 0 Å². The molecule has 10 nitrogen and oxygen atoms in total. The van der Waals surface area contributed by atoms with Crippen LogP contribution in [-0.2, 0) is 16.2 Å². The number of sulfonamides is 1. The number of anilines is 2. The van der Waals surface area contributed by atoms with Gasteiger partial charge in [-0.05, 0) is 73.7 Å². The van der Waals surface area contributed by atoms with Gasteiger partial charge in [-0.1, -0.05) is 18.5 Å². The van der Waals surface area contributed by atoms with Gasteiger partial charge in [-0.2, -0.15) is 13.2 Å². The molecule has 242 valence electrons. The minimum absolute atomic E-state index is 0.0214. The third kappa shape index (κ3) is 8.18. The maximum Gasteiger partial charge on any atom is 0.416 e. The fourth-order valence-electron chi connectivity index (χ4n) is 4.65. The van der Waals surface area contributed by atoms with Crippen molar-refractivity contribution in [1.29, 1.82) is 0 Å². The van der Waals surface area contributed by atoms with E-state index in [1.165, 1.54) is 59.3 Å². The first kappa shape index (κ1) is 33.9. The van der Waals surface area contributed by atoms with Gasteiger partial charge in [0.05, 0.1) is 35.2 Å². The average Bonchev–Trinajstić information content (AvgIpc) is 2.98. The molecule has 0 saturated carbocycles. The molecule has 4 rings (SSSR count). The summed E-state index contributed by atoms with van der Waals surface area (Å²) in [5.74, 6) is -0.698. The van der Waals surface area contributed by atoms with Gasteiger partial charge in [0.25, 0.3) is 15.9 Å². The first-order valence-electron chi connectivity index (χ1n) is 13.8. The molecule has 0 bridgehead atoms. The van der Waals surface area contributed by atoms with E-state index in [4.69, 9.17) is 16.3 Å². The zero-order valence-corrected chi connectivity index (χ0v) is 26.1. The summed E-state index contributed by atoms with van der Waals surface area (Å²) in [5.41, 5.74) is -0.545. The number of amides is 3. The summed E-state index contributed by atoms with van der Waals surface area (Å²) in [6.45, 7) is 3.31. The number of nitrogens with one attached hydrogen (secondary N) is 2. The Morgan fingerprint density at radius 1 is 1.11 bits per heavy atom. The van der Waals surface area contributed by atoms with E-state index in [0.717, 1.165) is 24.3 Å². The van der Waals surface area contributed by atoms with Crippen LogP contribution < -0.4 is 14.8 Å². The Bertz CT molecular complexity index is 1640. The van der Waals surface area contributed by atoms with Crippen molar-refractivity contribution in [3.8, 4) is 5.75 Å². The highest BCUT2D eigenvalue weighted by atomic mass is 35.5. The van der Waals surface area contributed by atoms with Gasteiger partial charge in [-0.25, -0.2) is 13.2 Å². The Hall–Kier alpha value is -4.01. The van der Waals surface area contributed by atoms with Crippen molar-refractivity contribution >= 4 is 44.9 Å². The topological polar surface area (TPSA) is 128 Å². The van der Waals surface area contributed by atoms with Crippen LogP contribution in [0.1, 0.15) is 29.8 Å². The van der Waals surface area contributed by atoms with Gasteiger partial charge < -0.3 is 25.0 Å². The molecule has 3 atom stereocenters. The number of fused-ring (bicyclic) bond motifs is 1. The van der Waals surface area contributed by atoms with E-state index in [1.807, 2.05) is 6.92 Å². The van der Waals surface area contributed by atoms with Crippen molar-refractivity contribution in [1.82, 2.24) is 9.80 Å². The lowest BCUT2D eigenvalue weighted by Crippen LogP contribution is -2.50. The van der Waals surface area contributed by atoms with Crippen molar-refractivity contribution in [2.75, 3.05) is 36.8 Å². The molecule has 3 N–H and O–H groups in total. The number of alkyl halides is 3. The van der Waals surface area contributed by atoms with Crippen LogP contribution in [0.3, 0.4) is 0 Å². The van der Waals surface area contributed by atoms with Crippen LogP contribution >= 0.6 is 11.6 Å². The van der Waals surface area contributed by atoms with Crippen molar-refractivity contribution < 1.29 is 41.0 Å². The number of likely N-dealkylation sites (N-methyl/N-ethyl adjacent to an activating group) is 1. The smallest absolute Gasteiger partial charge is 0.416 e. The standard InChI is InChI=1S/C30H32ClF3N4O6S/c1-18-15-38(19(2)17-39)28(40)25-14-23(36-45(42,43)24-11-6-21(31)7-12-24)10-13-26(25)44-27(18)16-37(3)29(41)35-22-8-4-20(5-9-22)30(32,33)34/h4-14,18-19,27,36,39H,15-17H2,1-3H3,(H,35,41)/t18-,19-,27-/m0/s1. The number of ether oxygens (including phenoxy) is 1. The molecule has 0 fully saturated rings. The largest absolute Gasteiger partial charge is 0.487 e. The van der Waals surface area contributed by atoms with E-state index in [1.54, 1.807) is 6.92 Å². The van der Waals surface area contributed by atoms with E-state index in [2.05, 4.69) is 10.0 Å². The molecule has 3 aromatic rings. The Balaban J connectivity index is 1.57. The third-order valence-corrected chi connectivity index (χ3v) is 8.95. The molecular formula is C30H32ClF3N4O6S. The van der Waals surface area contributed by atoms with Crippen LogP contribution in [0.4, 0.5) is 29.3 Å². The number of benzene rings is 3. The molecule has 3 amide bonds. The summed E-state index contributed by atoms with van der Waals surface area (Å²) in [6, 6.07) is 12.6. The number of aliphatic hydroxyl groups excluding tert-OH is 1. The normalized spacial score (nSPS) is 17.8. The zero-order chi connectivity index (χ0) is 33.1. The summed E-state index contributed by atoms with van der Waals surface area (Å²) in [4.78, 5) is 29.3. The molecule has 1 aliphatic heterocycles. The lowest BCUT2D eigenvalue weighted by molar-refractivity contribution is -0.137. The zero-order valence-electron chi connectivity index (χ0n) is 24.5. The second kappa shape index (κ2) is 13.5. The highest BCUT2D eigenvalue weighted by Crippen LogP contribution is 2.32. The van der Waals surface area contributed by atoms with Crippen LogP contribution in [-0.4, -0.2) is 74.2 Å². The monoisotopic (exact) mass is 668 g/mol. The number of aliphatic hydroxyl groups is 1. The summed E-state index contributed by atoms with van der Waals surface area (Å²) >= 11 is 5.87. The third-order valence-electron chi connectivity index (χ3n) is 7.30. The second-order valence-corrected chi connectivity index (χ2v) is 12.9. The molecule has 0 aliphatic carbocycles. The Labute approximate surface area is 263 Å². The first-order valence-corrected chi connectivity index (χ1v) is 15.7. The summed E-state index contributed by atoms with van der Waals surface area (Å²) < 4.78 is 73.3. The molecule has 1 aliphatic rings. The highest BCUT2D eigenvalue weighted by Gasteiger charge is 2.35. The SMILES string of the molecule is C[C@H]1CN([C@@H](C)CO)C(=O)c2cc(NS(=O)(=O)c3ccc(Cl)cc3)ccc2O[C@H]1CN(C)C(=O)Nc1ccc(C(F)(F)F)cc1. The van der Waals surface area contributed by atoms with E-state index in [-0.39, 0.29) is 53.2 Å². The number of rotatable bonds is 8. The Kier molecular flexibility index (Phi) is 10.2. The molecule has 0 saturated heterocycles. The molecule has 3 aromatic carbocycles. The van der Waals surface area contributed by atoms with Gasteiger partial charge >= 0.3 is 12.2 Å². The van der Waals surface area contributed by atoms with Gasteiger partial charge in [0.15, 0.2) is 0 Å². The van der Waals surface area contributed by atoms with E-state index in [9.17, 15) is 36.3 Å². The lowest BCUT2D eigenvalue weighted by Gasteiger charge is -2.38. The van der Waals surface area contributed by atoms with Gasteiger partial charge in [-0.15, -0.1) is 0 Å². The number of urea groups is 1. The summed E-state index contributed by atoms with van der Waals surface area (Å²) in [5, 5.41) is 12.8. The minimum atomic E-state index is -4.51. The Morgan fingerprint density at radius 3 is 2.33 bits per heavy atom. The molecule has 1 heterocycles. The molecule has 15 heteroatoms. The van der Waals surface area contributed by atoms with Gasteiger partial charge in [0.1, 0.15) is 11.9 Å². The predicted octanol–water partition coefficient (Wildman–Crippen LogP) is 5.54. The minimum Gasteiger partial charge on any atom is -0.487 e. The van der Waals surface area contributed by atoms with E-state index in [0.29, 0.717) is 5.02 Å². The molecule has 0 unspecified atom stereocenters. The van der Waals surface area contributed by atoms with Crippen molar-refractivity contribution in [3.63, 3.8) is 0 Å². The molecule has 45 heavy (non-hydrogen) atoms. The molecule has 0 aromatic heterocycles. The number of carbonyl (C=O) groups is 2.